The van der Waals surface area contributed by atoms with Crippen LogP contribution in [0, 0.1) is 53.3 Å². The molecule has 0 heterocycles. The molecular weight excluding hydrogens is 300 g/mol. The maximum Gasteiger partial charge on any atom is -0.0396 e. The van der Waals surface area contributed by atoms with Crippen molar-refractivity contribution >= 4 is 0 Å². The second-order valence-corrected chi connectivity index (χ2v) is 10.0. The zero-order valence-corrected chi connectivity index (χ0v) is 20.2. The summed E-state index contributed by atoms with van der Waals surface area (Å²) in [6.45, 7) is 34.3. The van der Waals surface area contributed by atoms with E-state index in [0.717, 1.165) is 53.3 Å². The highest BCUT2D eigenvalue weighted by molar-refractivity contribution is 4.60. The second-order valence-electron chi connectivity index (χ2n) is 10.0. The molecule has 0 unspecified atom stereocenters. The summed E-state index contributed by atoms with van der Waals surface area (Å²) in [6, 6.07) is 0. The maximum atomic E-state index is 2.31. The van der Waals surface area contributed by atoms with Crippen molar-refractivity contribution < 1.29 is 0 Å². The highest BCUT2D eigenvalue weighted by Gasteiger charge is 2.11. The van der Waals surface area contributed by atoms with Crippen LogP contribution in [0.15, 0.2) is 0 Å². The normalized spacial score (nSPS) is 11.5. The van der Waals surface area contributed by atoms with Crippen molar-refractivity contribution in [1.29, 1.82) is 0 Å². The molecule has 0 saturated heterocycles. The van der Waals surface area contributed by atoms with Crippen LogP contribution in [0.4, 0.5) is 0 Å². The van der Waals surface area contributed by atoms with Gasteiger partial charge in [0.25, 0.3) is 0 Å². The first kappa shape index (κ1) is 32.7. The van der Waals surface area contributed by atoms with Gasteiger partial charge in [-0.25, -0.2) is 0 Å². The lowest BCUT2D eigenvalue weighted by molar-refractivity contribution is 0.316. The third kappa shape index (κ3) is 20.2. The molecule has 0 nitrogen and oxygen atoms in total. The Hall–Kier alpha value is 0. The summed E-state index contributed by atoms with van der Waals surface area (Å²) in [5.41, 5.74) is 0. The Morgan fingerprint density at radius 2 is 0.320 bits per heavy atom. The Labute approximate surface area is 165 Å². The fourth-order valence-corrected chi connectivity index (χ4v) is 2.31. The first-order valence-corrected chi connectivity index (χ1v) is 10.7. The van der Waals surface area contributed by atoms with Gasteiger partial charge in [-0.3, -0.25) is 0 Å². The van der Waals surface area contributed by atoms with Crippen molar-refractivity contribution in [2.45, 2.75) is 111 Å². The molecule has 0 heteroatoms. The fourth-order valence-electron chi connectivity index (χ4n) is 2.31. The van der Waals surface area contributed by atoms with Crippen LogP contribution in [-0.4, -0.2) is 0 Å². The molecule has 0 fully saturated rings. The van der Waals surface area contributed by atoms with E-state index in [0.29, 0.717) is 0 Å². The summed E-state index contributed by atoms with van der Waals surface area (Å²) >= 11 is 0. The third-order valence-electron chi connectivity index (χ3n) is 6.31. The SMILES string of the molecule is C.CC(C)C(C)C(C)C.CC(C)C(C)C(C)C.CC(C)C(C)C(C)C. The van der Waals surface area contributed by atoms with Gasteiger partial charge in [0.1, 0.15) is 0 Å². The summed E-state index contributed by atoms with van der Waals surface area (Å²) in [5, 5.41) is 0. The molecule has 0 rings (SSSR count). The molecule has 158 valence electrons. The van der Waals surface area contributed by atoms with Gasteiger partial charge in [-0.15, -0.1) is 0 Å². The van der Waals surface area contributed by atoms with Crippen LogP contribution in [0.5, 0.6) is 0 Å². The Morgan fingerprint density at radius 1 is 0.240 bits per heavy atom. The third-order valence-corrected chi connectivity index (χ3v) is 6.31. The van der Waals surface area contributed by atoms with Gasteiger partial charge in [-0.2, -0.15) is 0 Å². The van der Waals surface area contributed by atoms with Crippen LogP contribution in [0.2, 0.25) is 0 Å². The minimum absolute atomic E-state index is 0. The van der Waals surface area contributed by atoms with E-state index in [4.69, 9.17) is 0 Å². The minimum atomic E-state index is 0. The molecule has 0 N–H and O–H groups in total. The molecular formula is C25H58. The molecule has 0 bridgehead atoms. The maximum absolute atomic E-state index is 2.31. The first-order valence-electron chi connectivity index (χ1n) is 10.7. The molecule has 0 aliphatic rings. The molecule has 0 aromatic carbocycles. The lowest BCUT2D eigenvalue weighted by atomic mass is 9.88. The molecule has 0 spiro atoms. The van der Waals surface area contributed by atoms with Crippen molar-refractivity contribution in [3.63, 3.8) is 0 Å². The van der Waals surface area contributed by atoms with E-state index in [-0.39, 0.29) is 7.43 Å². The van der Waals surface area contributed by atoms with Crippen molar-refractivity contribution in [1.82, 2.24) is 0 Å². The van der Waals surface area contributed by atoms with Gasteiger partial charge in [0.2, 0.25) is 0 Å². The quantitative estimate of drug-likeness (QED) is 0.443. The molecule has 0 aliphatic carbocycles. The molecule has 0 aromatic heterocycles. The zero-order valence-electron chi connectivity index (χ0n) is 20.2. The van der Waals surface area contributed by atoms with Crippen molar-refractivity contribution in [3.05, 3.63) is 0 Å². The Bertz CT molecular complexity index is 178. The smallest absolute Gasteiger partial charge is 0.0396 e. The van der Waals surface area contributed by atoms with Crippen LogP contribution in [-0.2, 0) is 0 Å². The lowest BCUT2D eigenvalue weighted by Crippen LogP contribution is -2.10. The average Bonchev–Trinajstić information content (AvgIpc) is 2.45. The number of hydrogen-bond acceptors (Lipinski definition) is 0. The second kappa shape index (κ2) is 17.4. The zero-order chi connectivity index (χ0) is 20.2. The summed E-state index contributed by atoms with van der Waals surface area (Å²) in [4.78, 5) is 0. The molecule has 0 saturated carbocycles. The summed E-state index contributed by atoms with van der Waals surface area (Å²) < 4.78 is 0. The lowest BCUT2D eigenvalue weighted by Gasteiger charge is -2.18. The van der Waals surface area contributed by atoms with Crippen LogP contribution >= 0.6 is 0 Å². The van der Waals surface area contributed by atoms with Crippen molar-refractivity contribution in [2.75, 3.05) is 0 Å². The van der Waals surface area contributed by atoms with Gasteiger partial charge in [-0.1, -0.05) is 111 Å². The molecule has 0 radical (unpaired) electrons. The van der Waals surface area contributed by atoms with E-state index < -0.39 is 0 Å². The van der Waals surface area contributed by atoms with Crippen LogP contribution in [0.1, 0.15) is 111 Å². The predicted molar refractivity (Wildman–Crippen MR) is 123 cm³/mol. The largest absolute Gasteiger partial charge is 0.0776 e. The molecule has 25 heavy (non-hydrogen) atoms. The van der Waals surface area contributed by atoms with E-state index in [9.17, 15) is 0 Å². The summed E-state index contributed by atoms with van der Waals surface area (Å²) in [6.07, 6.45) is 0. The van der Waals surface area contributed by atoms with Gasteiger partial charge < -0.3 is 0 Å². The molecule has 0 amide bonds. The van der Waals surface area contributed by atoms with E-state index in [2.05, 4.69) is 104 Å². The van der Waals surface area contributed by atoms with E-state index >= 15 is 0 Å². The van der Waals surface area contributed by atoms with E-state index in [1.165, 1.54) is 0 Å². The highest BCUT2D eigenvalue weighted by Crippen LogP contribution is 2.19. The van der Waals surface area contributed by atoms with E-state index in [1.807, 2.05) is 0 Å². The average molecular weight is 359 g/mol. The number of rotatable bonds is 6. The molecule has 0 atom stereocenters. The summed E-state index contributed by atoms with van der Waals surface area (Å²) in [5.74, 6) is 7.67. The summed E-state index contributed by atoms with van der Waals surface area (Å²) in [7, 11) is 0. The van der Waals surface area contributed by atoms with Crippen molar-refractivity contribution in [3.8, 4) is 0 Å². The van der Waals surface area contributed by atoms with Gasteiger partial charge >= 0.3 is 0 Å². The highest BCUT2D eigenvalue weighted by atomic mass is 14.2. The Balaban J connectivity index is -0.000000130. The fraction of sp³-hybridized carbons (Fsp3) is 1.00. The molecule has 0 aromatic rings. The van der Waals surface area contributed by atoms with Crippen LogP contribution in [0.25, 0.3) is 0 Å². The van der Waals surface area contributed by atoms with Gasteiger partial charge in [0.05, 0.1) is 0 Å². The predicted octanol–water partition coefficient (Wildman–Crippen LogP) is 9.44. The van der Waals surface area contributed by atoms with Gasteiger partial charge in [0.15, 0.2) is 0 Å². The van der Waals surface area contributed by atoms with Crippen molar-refractivity contribution in [2.24, 2.45) is 53.3 Å². The van der Waals surface area contributed by atoms with Crippen LogP contribution in [0.3, 0.4) is 0 Å². The monoisotopic (exact) mass is 358 g/mol. The number of hydrogen-bond donors (Lipinski definition) is 0. The van der Waals surface area contributed by atoms with Crippen LogP contribution < -0.4 is 0 Å². The van der Waals surface area contributed by atoms with Gasteiger partial charge in [-0.05, 0) is 53.3 Å². The molecule has 0 aliphatic heterocycles. The Morgan fingerprint density at radius 3 is 0.320 bits per heavy atom. The topological polar surface area (TPSA) is 0 Å². The standard InChI is InChI=1S/3C8H18.CH4/c3*1-6(2)8(5)7(3)4;/h3*6-8H,1-5H3;1H4. The first-order chi connectivity index (χ1) is 10.7. The van der Waals surface area contributed by atoms with Gasteiger partial charge in [0, 0.05) is 0 Å². The Kier molecular flexibility index (Phi) is 22.7. The van der Waals surface area contributed by atoms with E-state index in [1.54, 1.807) is 0 Å². The minimum Gasteiger partial charge on any atom is -0.0776 e.